The molecule has 12 nitrogen and oxygen atoms in total. The maximum atomic E-state index is 14.3. The number of halogens is 2. The number of pyridine rings is 1. The number of amides is 4. The number of carbonyl (C=O) groups excluding carboxylic acids is 4. The maximum absolute atomic E-state index is 14.3. The van der Waals surface area contributed by atoms with Crippen LogP contribution in [0.5, 0.6) is 0 Å². The first-order chi connectivity index (χ1) is 21.7. The van der Waals surface area contributed by atoms with Crippen LogP contribution in [0.3, 0.4) is 0 Å². The number of nitrogens with one attached hydrogen (secondary N) is 1. The second-order valence-corrected chi connectivity index (χ2v) is 14.7. The first-order valence-corrected chi connectivity index (χ1v) is 17.2. The predicted molar refractivity (Wildman–Crippen MR) is 163 cm³/mol. The first-order valence-electron chi connectivity index (χ1n) is 14.8. The van der Waals surface area contributed by atoms with Crippen molar-refractivity contribution in [3.8, 4) is 0 Å². The van der Waals surface area contributed by atoms with E-state index in [1.807, 2.05) is 12.1 Å². The fraction of sp³-hybridized carbons (Fsp3) is 0.433. The van der Waals surface area contributed by atoms with Crippen molar-refractivity contribution in [1.29, 1.82) is 0 Å². The summed E-state index contributed by atoms with van der Waals surface area (Å²) in [4.78, 5) is 80.9. The van der Waals surface area contributed by atoms with Crippen molar-refractivity contribution in [2.75, 3.05) is 26.2 Å². The van der Waals surface area contributed by atoms with Gasteiger partial charge >= 0.3 is 13.3 Å². The summed E-state index contributed by atoms with van der Waals surface area (Å²) in [5.41, 5.74) is -4.27. The molecule has 0 saturated carbocycles. The van der Waals surface area contributed by atoms with Crippen molar-refractivity contribution in [2.45, 2.75) is 55.9 Å². The Morgan fingerprint density at radius 3 is 2.50 bits per heavy atom. The first kappa shape index (κ1) is 32.2. The van der Waals surface area contributed by atoms with Gasteiger partial charge in [0.2, 0.25) is 17.7 Å². The molecule has 0 bridgehead atoms. The number of benzene rings is 1. The lowest BCUT2D eigenvalue weighted by atomic mass is 9.92. The lowest BCUT2D eigenvalue weighted by Crippen LogP contribution is -2.62. The van der Waals surface area contributed by atoms with Gasteiger partial charge in [0.15, 0.2) is 0 Å². The van der Waals surface area contributed by atoms with E-state index in [1.165, 1.54) is 24.0 Å². The van der Waals surface area contributed by atoms with E-state index in [9.17, 15) is 32.5 Å². The van der Waals surface area contributed by atoms with E-state index in [4.69, 9.17) is 9.79 Å². The molecule has 0 radical (unpaired) electrons. The monoisotopic (exact) mass is 675 g/mol. The van der Waals surface area contributed by atoms with Gasteiger partial charge in [0, 0.05) is 67.7 Å². The third-order valence-corrected chi connectivity index (χ3v) is 11.1. The highest BCUT2D eigenvalue weighted by molar-refractivity contribution is 7.52. The molecule has 3 aliphatic heterocycles. The zero-order chi connectivity index (χ0) is 33.0. The minimum atomic E-state index is -5.79. The van der Waals surface area contributed by atoms with Gasteiger partial charge in [-0.25, -0.2) is 0 Å². The standard InChI is InChI=1S/C30H32F2N5O7PS/c1-17(38)35-10-8-22-5-6-24(29(41)36-14-20(15-36)18-3-2-9-33-13-18)37(22)28(40)23(16-35)34-27(39)26-12-19-11-21(4-7-25(19)46-26)30(31,32)45(42,43)44/h2-4,7,9,11-13,20,22-24H,5-6,8,10,14-16H2,1H3,(H,34,39)(H2,42,43,44)/t22-,23+,24+/m1/s1. The van der Waals surface area contributed by atoms with E-state index in [0.29, 0.717) is 43.6 Å². The summed E-state index contributed by atoms with van der Waals surface area (Å²) in [7, 11) is -5.79. The Morgan fingerprint density at radius 2 is 1.83 bits per heavy atom. The second-order valence-electron chi connectivity index (χ2n) is 11.9. The number of rotatable bonds is 6. The lowest BCUT2D eigenvalue weighted by Gasteiger charge is -2.43. The molecule has 16 heteroatoms. The Labute approximate surface area is 266 Å². The van der Waals surface area contributed by atoms with E-state index < -0.39 is 42.7 Å². The fourth-order valence-electron chi connectivity index (χ4n) is 6.45. The molecule has 0 unspecified atom stereocenters. The molecule has 3 saturated heterocycles. The van der Waals surface area contributed by atoms with Crippen molar-refractivity contribution >= 4 is 52.6 Å². The zero-order valence-corrected chi connectivity index (χ0v) is 26.4. The van der Waals surface area contributed by atoms with Crippen LogP contribution in [0.25, 0.3) is 10.1 Å². The number of hydrogen-bond donors (Lipinski definition) is 3. The number of thiophene rings is 1. The van der Waals surface area contributed by atoms with E-state index in [-0.39, 0.29) is 40.6 Å². The summed E-state index contributed by atoms with van der Waals surface area (Å²) in [6.45, 7) is 2.63. The molecule has 46 heavy (non-hydrogen) atoms. The second kappa shape index (κ2) is 12.1. The average Bonchev–Trinajstić information content (AvgIpc) is 3.60. The van der Waals surface area contributed by atoms with Gasteiger partial charge in [-0.2, -0.15) is 8.78 Å². The van der Waals surface area contributed by atoms with Gasteiger partial charge in [0.05, 0.1) is 4.88 Å². The number of alkyl halides is 2. The predicted octanol–water partition coefficient (Wildman–Crippen LogP) is 2.86. The highest BCUT2D eigenvalue weighted by Crippen LogP contribution is 2.59. The molecule has 3 aliphatic rings. The number of likely N-dealkylation sites (tertiary alicyclic amines) is 1. The Kier molecular flexibility index (Phi) is 8.47. The Balaban J connectivity index is 1.21. The summed E-state index contributed by atoms with van der Waals surface area (Å²) in [6.07, 6.45) is 4.99. The van der Waals surface area contributed by atoms with Gasteiger partial charge in [-0.3, -0.25) is 28.7 Å². The number of nitrogens with zero attached hydrogens (tertiary/aromatic N) is 4. The van der Waals surface area contributed by atoms with Gasteiger partial charge in [0.25, 0.3) is 5.91 Å². The SMILES string of the molecule is CC(=O)N1CC[C@H]2CC[C@@H](C(=O)N3CC(c4cccnc4)C3)N2C(=O)[C@@H](NC(=O)c2cc3cc(C(F)(F)P(=O)(O)O)ccc3s2)C1. The highest BCUT2D eigenvalue weighted by atomic mass is 32.1. The van der Waals surface area contributed by atoms with E-state index in [2.05, 4.69) is 10.3 Å². The third kappa shape index (κ3) is 5.92. The van der Waals surface area contributed by atoms with Crippen molar-refractivity contribution in [1.82, 2.24) is 25.0 Å². The molecule has 0 aliphatic carbocycles. The molecule has 3 fully saturated rings. The molecule has 4 amide bonds. The summed E-state index contributed by atoms with van der Waals surface area (Å²) in [5.74, 6) is -1.43. The molecular formula is C30H32F2N5O7PS. The van der Waals surface area contributed by atoms with Crippen LogP contribution >= 0.6 is 18.9 Å². The number of aromatic nitrogens is 1. The van der Waals surface area contributed by atoms with Crippen molar-refractivity contribution in [3.63, 3.8) is 0 Å². The van der Waals surface area contributed by atoms with Crippen LogP contribution in [0.2, 0.25) is 0 Å². The molecule has 2 aromatic heterocycles. The van der Waals surface area contributed by atoms with Gasteiger partial charge < -0.3 is 29.8 Å². The molecule has 3 N–H and O–H groups in total. The smallest absolute Gasteiger partial charge is 0.340 e. The fourth-order valence-corrected chi connectivity index (χ4v) is 7.87. The summed E-state index contributed by atoms with van der Waals surface area (Å²) in [6, 6.07) is 6.00. The van der Waals surface area contributed by atoms with Crippen molar-refractivity contribution in [3.05, 3.63) is 64.8 Å². The molecule has 1 aromatic carbocycles. The van der Waals surface area contributed by atoms with Crippen LogP contribution in [-0.4, -0.2) is 97.4 Å². The highest BCUT2D eigenvalue weighted by Gasteiger charge is 2.51. The third-order valence-electron chi connectivity index (χ3n) is 9.03. The number of carbonyl (C=O) groups is 4. The van der Waals surface area contributed by atoms with Crippen molar-refractivity contribution < 1.29 is 42.3 Å². The van der Waals surface area contributed by atoms with Crippen LogP contribution in [0, 0.1) is 0 Å². The Bertz CT molecular complexity index is 1750. The molecule has 6 rings (SSSR count). The van der Waals surface area contributed by atoms with Gasteiger partial charge in [0.1, 0.15) is 12.1 Å². The lowest BCUT2D eigenvalue weighted by molar-refractivity contribution is -0.151. The zero-order valence-electron chi connectivity index (χ0n) is 24.7. The summed E-state index contributed by atoms with van der Waals surface area (Å²) >= 11 is 0.954. The molecule has 3 aromatic rings. The van der Waals surface area contributed by atoms with Crippen LogP contribution in [0.1, 0.15) is 52.9 Å². The minimum Gasteiger partial charge on any atom is -0.340 e. The van der Waals surface area contributed by atoms with E-state index in [0.717, 1.165) is 29.0 Å². The van der Waals surface area contributed by atoms with Crippen LogP contribution in [0.4, 0.5) is 8.78 Å². The largest absolute Gasteiger partial charge is 0.399 e. The normalized spacial score (nSPS) is 22.7. The summed E-state index contributed by atoms with van der Waals surface area (Å²) in [5, 5.41) is 2.87. The summed E-state index contributed by atoms with van der Waals surface area (Å²) < 4.78 is 40.4. The van der Waals surface area contributed by atoms with E-state index >= 15 is 0 Å². The Morgan fingerprint density at radius 1 is 1.07 bits per heavy atom. The number of hydrogen-bond acceptors (Lipinski definition) is 7. The van der Waals surface area contributed by atoms with Crippen LogP contribution in [0.15, 0.2) is 48.8 Å². The van der Waals surface area contributed by atoms with Crippen LogP contribution < -0.4 is 5.32 Å². The van der Waals surface area contributed by atoms with Gasteiger partial charge in [-0.1, -0.05) is 12.1 Å². The molecule has 3 atom stereocenters. The molecular weight excluding hydrogens is 643 g/mol. The molecule has 5 heterocycles. The van der Waals surface area contributed by atoms with Crippen LogP contribution in [-0.2, 0) is 24.6 Å². The van der Waals surface area contributed by atoms with Gasteiger partial charge in [-0.05, 0) is 54.5 Å². The quantitative estimate of drug-likeness (QED) is 0.337. The Hall–Kier alpha value is -3.78. The maximum Gasteiger partial charge on any atom is 0.399 e. The minimum absolute atomic E-state index is 0.0727. The molecule has 244 valence electrons. The van der Waals surface area contributed by atoms with Crippen molar-refractivity contribution in [2.24, 2.45) is 0 Å². The van der Waals surface area contributed by atoms with E-state index in [1.54, 1.807) is 22.2 Å². The topological polar surface area (TPSA) is 160 Å². The van der Waals surface area contributed by atoms with Gasteiger partial charge in [-0.15, -0.1) is 11.3 Å². The number of fused-ring (bicyclic) bond motifs is 2. The molecule has 0 spiro atoms. The average molecular weight is 676 g/mol.